The van der Waals surface area contributed by atoms with Crippen LogP contribution in [-0.4, -0.2) is 31.8 Å². The number of rotatable bonds is 4. The zero-order valence-electron chi connectivity index (χ0n) is 16.7. The largest absolute Gasteiger partial charge is 0.408 e. The average molecular weight is 435 g/mol. The molecule has 0 saturated heterocycles. The number of pyridine rings is 1. The molecular formula is C20H20F3N5OS. The summed E-state index contributed by atoms with van der Waals surface area (Å²) in [4.78, 5) is 20.9. The molecule has 30 heavy (non-hydrogen) atoms. The lowest BCUT2D eigenvalue weighted by Gasteiger charge is -2.20. The van der Waals surface area contributed by atoms with Gasteiger partial charge in [-0.3, -0.25) is 14.5 Å². The molecule has 10 heteroatoms. The standard InChI is InChI=1S/C20H20F3N5OS/c1-4-13-6-5-12(8-24-13)16-15-10(2)7-14-18(30-19(26-14)25-11(3)29)17(15)28(27-16)9-20(21,22)23/h5-6,8,10H,4,7,9H2,1-3H3,(H,25,26,29). The lowest BCUT2D eigenvalue weighted by Crippen LogP contribution is -2.20. The molecule has 1 atom stereocenters. The Morgan fingerprint density at radius 3 is 2.73 bits per heavy atom. The van der Waals surface area contributed by atoms with Crippen molar-refractivity contribution in [2.24, 2.45) is 0 Å². The summed E-state index contributed by atoms with van der Waals surface area (Å²) < 4.78 is 41.0. The summed E-state index contributed by atoms with van der Waals surface area (Å²) in [6.45, 7) is 4.11. The number of hydrogen-bond donors (Lipinski definition) is 1. The van der Waals surface area contributed by atoms with Gasteiger partial charge in [0.2, 0.25) is 5.91 Å². The van der Waals surface area contributed by atoms with E-state index in [1.54, 1.807) is 6.20 Å². The SMILES string of the molecule is CCc1ccc(-c2nn(CC(F)(F)F)c3c2C(C)Cc2nc(NC(C)=O)sc2-3)cn1. The minimum Gasteiger partial charge on any atom is -0.302 e. The van der Waals surface area contributed by atoms with Gasteiger partial charge < -0.3 is 5.32 Å². The first-order valence-electron chi connectivity index (χ1n) is 9.56. The molecule has 0 saturated carbocycles. The summed E-state index contributed by atoms with van der Waals surface area (Å²) >= 11 is 1.18. The van der Waals surface area contributed by atoms with Crippen LogP contribution >= 0.6 is 11.3 Å². The molecule has 1 aliphatic rings. The van der Waals surface area contributed by atoms with E-state index < -0.39 is 12.7 Å². The number of nitrogens with zero attached hydrogens (tertiary/aromatic N) is 4. The minimum atomic E-state index is -4.42. The van der Waals surface area contributed by atoms with Crippen LogP contribution in [-0.2, 0) is 24.2 Å². The van der Waals surface area contributed by atoms with Gasteiger partial charge in [0.15, 0.2) is 5.13 Å². The number of alkyl halides is 3. The molecule has 0 aliphatic heterocycles. The van der Waals surface area contributed by atoms with Crippen molar-refractivity contribution in [3.63, 3.8) is 0 Å². The maximum atomic E-state index is 13.3. The Morgan fingerprint density at radius 1 is 1.37 bits per heavy atom. The molecule has 158 valence electrons. The molecule has 0 radical (unpaired) electrons. The number of nitrogens with one attached hydrogen (secondary N) is 1. The van der Waals surface area contributed by atoms with Crippen molar-refractivity contribution in [3.05, 3.63) is 35.3 Å². The topological polar surface area (TPSA) is 72.7 Å². The third-order valence-corrected chi connectivity index (χ3v) is 5.99. The van der Waals surface area contributed by atoms with Crippen molar-refractivity contribution >= 4 is 22.4 Å². The predicted molar refractivity (Wildman–Crippen MR) is 108 cm³/mol. The maximum Gasteiger partial charge on any atom is 0.408 e. The summed E-state index contributed by atoms with van der Waals surface area (Å²) in [5.41, 5.74) is 3.96. The molecule has 1 unspecified atom stereocenters. The first kappa shape index (κ1) is 20.5. The van der Waals surface area contributed by atoms with Gasteiger partial charge in [0.1, 0.15) is 6.54 Å². The number of anilines is 1. The van der Waals surface area contributed by atoms with Crippen LogP contribution < -0.4 is 5.32 Å². The van der Waals surface area contributed by atoms with Crippen LogP contribution in [0.15, 0.2) is 18.3 Å². The van der Waals surface area contributed by atoms with Crippen molar-refractivity contribution in [1.29, 1.82) is 0 Å². The number of aromatic nitrogens is 4. The van der Waals surface area contributed by atoms with Gasteiger partial charge in [0, 0.05) is 29.9 Å². The lowest BCUT2D eigenvalue weighted by molar-refractivity contribution is -0.142. The number of fused-ring (bicyclic) bond motifs is 3. The highest BCUT2D eigenvalue weighted by atomic mass is 32.1. The minimum absolute atomic E-state index is 0.0809. The molecule has 3 heterocycles. The fourth-order valence-electron chi connectivity index (χ4n) is 3.72. The summed E-state index contributed by atoms with van der Waals surface area (Å²) in [5, 5.41) is 7.38. The molecule has 6 nitrogen and oxygen atoms in total. The second-order valence-corrected chi connectivity index (χ2v) is 8.36. The summed E-state index contributed by atoms with van der Waals surface area (Å²) in [6, 6.07) is 3.72. The first-order valence-corrected chi connectivity index (χ1v) is 10.4. The molecule has 0 aromatic carbocycles. The highest BCUT2D eigenvalue weighted by Crippen LogP contribution is 2.47. The quantitative estimate of drug-likeness (QED) is 0.638. The van der Waals surface area contributed by atoms with Gasteiger partial charge in [-0.1, -0.05) is 25.2 Å². The monoisotopic (exact) mass is 435 g/mol. The average Bonchev–Trinajstić information content (AvgIpc) is 3.21. The Balaban J connectivity index is 1.90. The predicted octanol–water partition coefficient (Wildman–Crippen LogP) is 4.81. The van der Waals surface area contributed by atoms with Gasteiger partial charge in [0.05, 0.1) is 22.0 Å². The number of amides is 1. The highest BCUT2D eigenvalue weighted by Gasteiger charge is 2.37. The third kappa shape index (κ3) is 3.83. The van der Waals surface area contributed by atoms with Crippen LogP contribution in [0.25, 0.3) is 21.8 Å². The molecule has 1 aliphatic carbocycles. The Morgan fingerprint density at radius 2 is 2.13 bits per heavy atom. The number of aryl methyl sites for hydroxylation is 1. The van der Waals surface area contributed by atoms with E-state index in [0.29, 0.717) is 39.1 Å². The second-order valence-electron chi connectivity index (χ2n) is 7.36. The summed E-state index contributed by atoms with van der Waals surface area (Å²) in [7, 11) is 0. The van der Waals surface area contributed by atoms with E-state index in [-0.39, 0.29) is 11.8 Å². The van der Waals surface area contributed by atoms with Crippen molar-refractivity contribution in [3.8, 4) is 21.8 Å². The van der Waals surface area contributed by atoms with Crippen molar-refractivity contribution < 1.29 is 18.0 Å². The molecule has 0 bridgehead atoms. The number of halogens is 3. The fourth-order valence-corrected chi connectivity index (χ4v) is 4.83. The molecule has 3 aromatic heterocycles. The van der Waals surface area contributed by atoms with E-state index in [4.69, 9.17) is 0 Å². The zero-order chi connectivity index (χ0) is 21.6. The van der Waals surface area contributed by atoms with E-state index in [1.165, 1.54) is 18.3 Å². The summed E-state index contributed by atoms with van der Waals surface area (Å²) in [5.74, 6) is -0.358. The van der Waals surface area contributed by atoms with Crippen LogP contribution in [0.2, 0.25) is 0 Å². The molecule has 1 amide bonds. The van der Waals surface area contributed by atoms with Gasteiger partial charge in [-0.2, -0.15) is 18.3 Å². The Hall–Kier alpha value is -2.75. The van der Waals surface area contributed by atoms with Crippen molar-refractivity contribution in [2.45, 2.75) is 52.3 Å². The van der Waals surface area contributed by atoms with Crippen LogP contribution in [0, 0.1) is 0 Å². The van der Waals surface area contributed by atoms with Crippen LogP contribution in [0.5, 0.6) is 0 Å². The first-order chi connectivity index (χ1) is 14.2. The van der Waals surface area contributed by atoms with E-state index in [2.05, 4.69) is 20.4 Å². The van der Waals surface area contributed by atoms with E-state index >= 15 is 0 Å². The molecule has 4 rings (SSSR count). The highest BCUT2D eigenvalue weighted by molar-refractivity contribution is 7.19. The third-order valence-electron chi connectivity index (χ3n) is 4.97. The van der Waals surface area contributed by atoms with Gasteiger partial charge in [0.25, 0.3) is 0 Å². The van der Waals surface area contributed by atoms with Gasteiger partial charge in [-0.15, -0.1) is 0 Å². The molecule has 1 N–H and O–H groups in total. The van der Waals surface area contributed by atoms with Crippen LogP contribution in [0.1, 0.15) is 43.6 Å². The molecule has 0 fully saturated rings. The molecular weight excluding hydrogens is 415 g/mol. The normalized spacial score (nSPS) is 15.6. The van der Waals surface area contributed by atoms with Gasteiger partial charge in [-0.25, -0.2) is 4.98 Å². The number of carbonyl (C=O) groups is 1. The maximum absolute atomic E-state index is 13.3. The van der Waals surface area contributed by atoms with Crippen molar-refractivity contribution in [1.82, 2.24) is 19.7 Å². The second kappa shape index (κ2) is 7.50. The van der Waals surface area contributed by atoms with Crippen molar-refractivity contribution in [2.75, 3.05) is 5.32 Å². The zero-order valence-corrected chi connectivity index (χ0v) is 17.5. The number of thiazole rings is 1. The lowest BCUT2D eigenvalue weighted by atomic mass is 9.86. The smallest absolute Gasteiger partial charge is 0.302 e. The Labute approximate surface area is 175 Å². The number of carbonyl (C=O) groups excluding carboxylic acids is 1. The Bertz CT molecular complexity index is 1100. The van der Waals surface area contributed by atoms with E-state index in [0.717, 1.165) is 22.4 Å². The fraction of sp³-hybridized carbons (Fsp3) is 0.400. The summed E-state index contributed by atoms with van der Waals surface area (Å²) in [6.07, 6.45) is -1.43. The van der Waals surface area contributed by atoms with Gasteiger partial charge >= 0.3 is 6.18 Å². The van der Waals surface area contributed by atoms with E-state index in [1.807, 2.05) is 26.0 Å². The number of hydrogen-bond acceptors (Lipinski definition) is 5. The van der Waals surface area contributed by atoms with Crippen LogP contribution in [0.4, 0.5) is 18.3 Å². The van der Waals surface area contributed by atoms with E-state index in [9.17, 15) is 18.0 Å². The molecule has 0 spiro atoms. The van der Waals surface area contributed by atoms with Crippen LogP contribution in [0.3, 0.4) is 0 Å². The van der Waals surface area contributed by atoms with Gasteiger partial charge in [-0.05, 0) is 30.9 Å². The molecule has 3 aromatic rings. The Kier molecular flexibility index (Phi) is 5.13.